The molecule has 1 aliphatic carbocycles. The third-order valence-electron chi connectivity index (χ3n) is 3.60. The first-order valence-electron chi connectivity index (χ1n) is 7.49. The number of sulfone groups is 1. The molecule has 1 amide bonds. The number of hydrogen-bond acceptors (Lipinski definition) is 4. The highest BCUT2D eigenvalue weighted by molar-refractivity contribution is 7.92. The molecule has 1 rings (SSSR count). The van der Waals surface area contributed by atoms with Gasteiger partial charge in [-0.3, -0.25) is 9.59 Å². The van der Waals surface area contributed by atoms with Gasteiger partial charge in [0, 0.05) is 12.6 Å². The van der Waals surface area contributed by atoms with Gasteiger partial charge in [-0.15, -0.1) is 0 Å². The maximum Gasteiger partial charge on any atom is 0.308 e. The van der Waals surface area contributed by atoms with E-state index in [1.165, 1.54) is 11.8 Å². The molecule has 0 heterocycles. The lowest BCUT2D eigenvalue weighted by Gasteiger charge is -2.24. The maximum atomic E-state index is 12.2. The molecule has 1 unspecified atom stereocenters. The van der Waals surface area contributed by atoms with Gasteiger partial charge in [-0.1, -0.05) is 26.7 Å². The summed E-state index contributed by atoms with van der Waals surface area (Å²) < 4.78 is 23.8. The van der Waals surface area contributed by atoms with Crippen molar-refractivity contribution in [3.63, 3.8) is 0 Å². The molecular formula is C14H25NO5S. The Balaban J connectivity index is 2.59. The standard InChI is InChI=1S/C14H25NO5S/c1-3-4-5-8-21(19,20)10-13(16)15(12-6-7-12)9-11(2)14(17)18/h11-12H,3-10H2,1-2H3,(H,17,18). The minimum Gasteiger partial charge on any atom is -0.481 e. The third kappa shape index (κ3) is 6.46. The lowest BCUT2D eigenvalue weighted by molar-refractivity contribution is -0.142. The summed E-state index contributed by atoms with van der Waals surface area (Å²) in [5.41, 5.74) is 0. The molecule has 1 saturated carbocycles. The van der Waals surface area contributed by atoms with E-state index in [1.807, 2.05) is 6.92 Å². The lowest BCUT2D eigenvalue weighted by Crippen LogP contribution is -2.41. The van der Waals surface area contributed by atoms with E-state index in [9.17, 15) is 18.0 Å². The minimum atomic E-state index is -3.40. The van der Waals surface area contributed by atoms with E-state index in [1.54, 1.807) is 0 Å². The number of aliphatic carboxylic acids is 1. The summed E-state index contributed by atoms with van der Waals surface area (Å²) in [5.74, 6) is -2.59. The van der Waals surface area contributed by atoms with E-state index < -0.39 is 33.4 Å². The molecule has 0 bridgehead atoms. The molecule has 0 aromatic heterocycles. The number of amides is 1. The average molecular weight is 319 g/mol. The number of hydrogen-bond donors (Lipinski definition) is 1. The van der Waals surface area contributed by atoms with Gasteiger partial charge in [0.2, 0.25) is 5.91 Å². The van der Waals surface area contributed by atoms with Crippen molar-refractivity contribution in [3.8, 4) is 0 Å². The number of carboxylic acids is 1. The van der Waals surface area contributed by atoms with Gasteiger partial charge in [-0.05, 0) is 19.3 Å². The summed E-state index contributed by atoms with van der Waals surface area (Å²) in [6.07, 6.45) is 3.98. The van der Waals surface area contributed by atoms with Crippen molar-refractivity contribution in [1.29, 1.82) is 0 Å². The molecule has 1 aliphatic rings. The fraction of sp³-hybridized carbons (Fsp3) is 0.857. The molecule has 0 saturated heterocycles. The summed E-state index contributed by atoms with van der Waals surface area (Å²) in [4.78, 5) is 24.5. The Hall–Kier alpha value is -1.11. The number of rotatable bonds is 10. The quantitative estimate of drug-likeness (QED) is 0.613. The Morgan fingerprint density at radius 2 is 1.90 bits per heavy atom. The third-order valence-corrected chi connectivity index (χ3v) is 5.20. The molecule has 7 heteroatoms. The number of unbranched alkanes of at least 4 members (excludes halogenated alkanes) is 2. The monoisotopic (exact) mass is 319 g/mol. The van der Waals surface area contributed by atoms with E-state index >= 15 is 0 Å². The van der Waals surface area contributed by atoms with Crippen molar-refractivity contribution in [2.24, 2.45) is 5.92 Å². The van der Waals surface area contributed by atoms with E-state index in [0.29, 0.717) is 6.42 Å². The molecule has 0 aromatic rings. The van der Waals surface area contributed by atoms with E-state index in [-0.39, 0.29) is 18.3 Å². The fourth-order valence-electron chi connectivity index (χ4n) is 2.13. The van der Waals surface area contributed by atoms with Gasteiger partial charge in [0.15, 0.2) is 9.84 Å². The summed E-state index contributed by atoms with van der Waals surface area (Å²) in [7, 11) is -3.40. The SMILES string of the molecule is CCCCCS(=O)(=O)CC(=O)N(CC(C)C(=O)O)C1CC1. The van der Waals surface area contributed by atoms with Crippen LogP contribution in [0.1, 0.15) is 46.0 Å². The minimum absolute atomic E-state index is 0.0186. The van der Waals surface area contributed by atoms with Crippen molar-refractivity contribution in [3.05, 3.63) is 0 Å². The highest BCUT2D eigenvalue weighted by Gasteiger charge is 2.35. The smallest absolute Gasteiger partial charge is 0.308 e. The van der Waals surface area contributed by atoms with Crippen molar-refractivity contribution in [2.75, 3.05) is 18.1 Å². The largest absolute Gasteiger partial charge is 0.481 e. The van der Waals surface area contributed by atoms with E-state index in [0.717, 1.165) is 25.7 Å². The van der Waals surface area contributed by atoms with Gasteiger partial charge in [0.1, 0.15) is 5.75 Å². The van der Waals surface area contributed by atoms with Crippen LogP contribution in [0.5, 0.6) is 0 Å². The normalized spacial score (nSPS) is 16.5. The van der Waals surface area contributed by atoms with Crippen LogP contribution in [0.15, 0.2) is 0 Å². The molecule has 0 aliphatic heterocycles. The molecule has 0 radical (unpaired) electrons. The van der Waals surface area contributed by atoms with Gasteiger partial charge in [0.25, 0.3) is 0 Å². The fourth-order valence-corrected chi connectivity index (χ4v) is 3.46. The van der Waals surface area contributed by atoms with Crippen LogP contribution in [0.2, 0.25) is 0 Å². The Bertz CT molecular complexity index is 470. The van der Waals surface area contributed by atoms with E-state index in [4.69, 9.17) is 5.11 Å². The van der Waals surface area contributed by atoms with Crippen LogP contribution in [0.3, 0.4) is 0 Å². The van der Waals surface area contributed by atoms with Gasteiger partial charge >= 0.3 is 5.97 Å². The van der Waals surface area contributed by atoms with Crippen LogP contribution in [0.25, 0.3) is 0 Å². The van der Waals surface area contributed by atoms with Gasteiger partial charge in [0.05, 0.1) is 11.7 Å². The van der Waals surface area contributed by atoms with Gasteiger partial charge in [-0.25, -0.2) is 8.42 Å². The molecule has 1 fully saturated rings. The highest BCUT2D eigenvalue weighted by atomic mass is 32.2. The van der Waals surface area contributed by atoms with Crippen LogP contribution in [-0.4, -0.2) is 54.4 Å². The summed E-state index contributed by atoms with van der Waals surface area (Å²) in [5, 5.41) is 8.93. The predicted molar refractivity (Wildman–Crippen MR) is 79.7 cm³/mol. The number of carbonyl (C=O) groups is 2. The first kappa shape index (κ1) is 17.9. The highest BCUT2D eigenvalue weighted by Crippen LogP contribution is 2.28. The molecular weight excluding hydrogens is 294 g/mol. The van der Waals surface area contributed by atoms with Crippen molar-refractivity contribution < 1.29 is 23.1 Å². The lowest BCUT2D eigenvalue weighted by atomic mass is 10.1. The Morgan fingerprint density at radius 3 is 2.38 bits per heavy atom. The molecule has 1 atom stereocenters. The Kier molecular flexibility index (Phi) is 6.64. The van der Waals surface area contributed by atoms with Gasteiger partial charge < -0.3 is 10.0 Å². The zero-order valence-corrected chi connectivity index (χ0v) is 13.6. The van der Waals surface area contributed by atoms with Crippen LogP contribution in [0.4, 0.5) is 0 Å². The Morgan fingerprint density at radius 1 is 1.29 bits per heavy atom. The zero-order chi connectivity index (χ0) is 16.0. The van der Waals surface area contributed by atoms with Gasteiger partial charge in [-0.2, -0.15) is 0 Å². The molecule has 21 heavy (non-hydrogen) atoms. The second-order valence-corrected chi connectivity index (χ2v) is 8.00. The predicted octanol–water partition coefficient (Wildman–Crippen LogP) is 1.30. The van der Waals surface area contributed by atoms with Crippen LogP contribution in [0, 0.1) is 5.92 Å². The van der Waals surface area contributed by atoms with Crippen LogP contribution in [-0.2, 0) is 19.4 Å². The second-order valence-electron chi connectivity index (χ2n) is 5.82. The van der Waals surface area contributed by atoms with Crippen LogP contribution >= 0.6 is 0 Å². The molecule has 0 aromatic carbocycles. The molecule has 1 N–H and O–H groups in total. The molecule has 6 nitrogen and oxygen atoms in total. The number of carbonyl (C=O) groups excluding carboxylic acids is 1. The average Bonchev–Trinajstić information content (AvgIpc) is 3.18. The molecule has 122 valence electrons. The van der Waals surface area contributed by atoms with Crippen molar-refractivity contribution in [1.82, 2.24) is 4.90 Å². The van der Waals surface area contributed by atoms with Crippen LogP contribution < -0.4 is 0 Å². The first-order valence-corrected chi connectivity index (χ1v) is 9.31. The maximum absolute atomic E-state index is 12.2. The van der Waals surface area contributed by atoms with Crippen molar-refractivity contribution in [2.45, 2.75) is 52.0 Å². The summed E-state index contributed by atoms with van der Waals surface area (Å²) >= 11 is 0. The zero-order valence-electron chi connectivity index (χ0n) is 12.7. The Labute approximate surface area is 126 Å². The van der Waals surface area contributed by atoms with E-state index in [2.05, 4.69) is 0 Å². The second kappa shape index (κ2) is 7.77. The number of carboxylic acid groups (broad SMARTS) is 1. The topological polar surface area (TPSA) is 91.8 Å². The van der Waals surface area contributed by atoms with Crippen molar-refractivity contribution >= 4 is 21.7 Å². The number of nitrogens with zero attached hydrogens (tertiary/aromatic N) is 1. The summed E-state index contributed by atoms with van der Waals surface area (Å²) in [6.45, 7) is 3.60. The molecule has 0 spiro atoms. The summed E-state index contributed by atoms with van der Waals surface area (Å²) in [6, 6.07) is 0.0186. The first-order chi connectivity index (χ1) is 9.76.